The number of amides is 1. The number of thiophene rings is 2. The molecule has 1 saturated carbocycles. The number of fused-ring (bicyclic) bond motifs is 2. The molecule has 2 heterocycles. The molecule has 2 unspecified atom stereocenters. The molecule has 1 aromatic carbocycles. The van der Waals surface area contributed by atoms with Gasteiger partial charge in [0.2, 0.25) is 0 Å². The van der Waals surface area contributed by atoms with Crippen molar-refractivity contribution in [3.8, 4) is 10.4 Å². The summed E-state index contributed by atoms with van der Waals surface area (Å²) >= 11 is 1.90. The fraction of sp³-hybridized carbons (Fsp3) is 0.345. The number of halogens is 6. The first-order valence-corrected chi connectivity index (χ1v) is 14.1. The number of carbonyl (C=O) groups excluding carboxylic acids is 1. The molecule has 2 bridgehead atoms. The lowest BCUT2D eigenvalue weighted by Gasteiger charge is -2.25. The van der Waals surface area contributed by atoms with E-state index < -0.39 is 40.4 Å². The Morgan fingerprint density at radius 2 is 1.46 bits per heavy atom. The molecule has 1 N–H and O–H groups in total. The van der Waals surface area contributed by atoms with Gasteiger partial charge in [0.15, 0.2) is 0 Å². The summed E-state index contributed by atoms with van der Waals surface area (Å²) in [6.45, 7) is 2.83. The van der Waals surface area contributed by atoms with Crippen LogP contribution in [-0.2, 0) is 0 Å². The Balaban J connectivity index is 1.47. The Kier molecular flexibility index (Phi) is 5.97. The second-order valence-electron chi connectivity index (χ2n) is 10.4. The number of allylic oxidation sites excluding steroid dienone is 3. The topological polar surface area (TPSA) is 29.1 Å². The summed E-state index contributed by atoms with van der Waals surface area (Å²) < 4.78 is 91.3. The van der Waals surface area contributed by atoms with Crippen molar-refractivity contribution in [1.82, 2.24) is 5.32 Å². The third-order valence-corrected chi connectivity index (χ3v) is 10.1. The maximum atomic E-state index is 15.4. The van der Waals surface area contributed by atoms with Gasteiger partial charge in [-0.15, -0.1) is 22.7 Å². The van der Waals surface area contributed by atoms with E-state index in [-0.39, 0.29) is 32.2 Å². The molecular weight excluding hydrogens is 556 g/mol. The summed E-state index contributed by atoms with van der Waals surface area (Å²) in [5.74, 6) is -15.9. The van der Waals surface area contributed by atoms with Gasteiger partial charge >= 0.3 is 17.8 Å². The summed E-state index contributed by atoms with van der Waals surface area (Å²) in [7, 11) is 0. The second kappa shape index (κ2) is 8.83. The predicted octanol–water partition coefficient (Wildman–Crippen LogP) is 8.62. The zero-order valence-electron chi connectivity index (χ0n) is 20.8. The number of carbonyl (C=O) groups is 1. The van der Waals surface area contributed by atoms with Crippen molar-refractivity contribution in [2.75, 3.05) is 0 Å². The van der Waals surface area contributed by atoms with Gasteiger partial charge in [0.1, 0.15) is 0 Å². The molecule has 10 heteroatoms. The van der Waals surface area contributed by atoms with Gasteiger partial charge in [0.25, 0.3) is 5.91 Å². The van der Waals surface area contributed by atoms with Crippen molar-refractivity contribution in [2.24, 2.45) is 11.8 Å². The number of nitrogens with one attached hydrogen (secondary N) is 1. The smallest absolute Gasteiger partial charge is 0.348 e. The first-order valence-electron chi connectivity index (χ1n) is 12.5. The highest BCUT2D eigenvalue weighted by Crippen LogP contribution is 2.66. The lowest BCUT2D eigenvalue weighted by molar-refractivity contribution is -0.254. The molecule has 3 aromatic rings. The fourth-order valence-corrected chi connectivity index (χ4v) is 7.90. The maximum absolute atomic E-state index is 15.4. The maximum Gasteiger partial charge on any atom is 0.380 e. The van der Waals surface area contributed by atoms with Crippen LogP contribution in [-0.4, -0.2) is 29.7 Å². The van der Waals surface area contributed by atoms with E-state index in [1.165, 1.54) is 19.9 Å². The Morgan fingerprint density at radius 3 is 2.05 bits per heavy atom. The SMILES string of the molecule is Cc1sc(C(=O)N[C@@H]2CC3C=CC2C3)cc1C1=C(c2cc(-c3ccccc3)sc2C)C(F)(F)C(F)(F)C1(F)F. The molecule has 0 saturated heterocycles. The van der Waals surface area contributed by atoms with Gasteiger partial charge < -0.3 is 5.32 Å². The van der Waals surface area contributed by atoms with Crippen molar-refractivity contribution >= 4 is 39.7 Å². The van der Waals surface area contributed by atoms with E-state index in [4.69, 9.17) is 0 Å². The minimum absolute atomic E-state index is 0.0162. The summed E-state index contributed by atoms with van der Waals surface area (Å²) in [5, 5.41) is 2.91. The number of alkyl halides is 6. The highest BCUT2D eigenvalue weighted by Gasteiger charge is 2.80. The van der Waals surface area contributed by atoms with Crippen LogP contribution in [0.25, 0.3) is 21.6 Å². The Hall–Kier alpha value is -2.85. The molecule has 39 heavy (non-hydrogen) atoms. The second-order valence-corrected chi connectivity index (χ2v) is 12.9. The van der Waals surface area contributed by atoms with E-state index in [2.05, 4.69) is 11.4 Å². The van der Waals surface area contributed by atoms with Crippen LogP contribution in [0.1, 0.15) is 43.4 Å². The minimum Gasteiger partial charge on any atom is -0.348 e. The van der Waals surface area contributed by atoms with Gasteiger partial charge in [-0.05, 0) is 67.3 Å². The van der Waals surface area contributed by atoms with Gasteiger partial charge in [0, 0.05) is 31.8 Å². The lowest BCUT2D eigenvalue weighted by Crippen LogP contribution is -2.48. The zero-order valence-corrected chi connectivity index (χ0v) is 22.5. The highest BCUT2D eigenvalue weighted by molar-refractivity contribution is 7.15. The molecule has 3 atom stereocenters. The Morgan fingerprint density at radius 1 is 0.846 bits per heavy atom. The number of benzene rings is 1. The molecule has 0 spiro atoms. The molecule has 1 amide bonds. The molecule has 0 aliphatic heterocycles. The van der Waals surface area contributed by atoms with Gasteiger partial charge in [-0.3, -0.25) is 4.79 Å². The molecule has 0 radical (unpaired) electrons. The third-order valence-electron chi connectivity index (χ3n) is 7.92. The van der Waals surface area contributed by atoms with Crippen molar-refractivity contribution in [1.29, 1.82) is 0 Å². The lowest BCUT2D eigenvalue weighted by atomic mass is 9.94. The van der Waals surface area contributed by atoms with Gasteiger partial charge in [-0.25, -0.2) is 0 Å². The van der Waals surface area contributed by atoms with Crippen LogP contribution >= 0.6 is 22.7 Å². The standard InChI is InChI=1S/C29H23F6NOS2/c1-14-19(12-22(38-14)17-6-4-3-5-7-17)24-25(28(32,33)29(34,35)27(24,30)31)20-13-23(39-15(20)2)26(37)36-21-11-16-8-9-18(21)10-16/h3-9,12-13,16,18,21H,10-11H2,1-2H3,(H,36,37)/t16?,18?,21-/m1/s1. The van der Waals surface area contributed by atoms with Crippen molar-refractivity contribution in [3.05, 3.63) is 80.4 Å². The number of hydrogen-bond donors (Lipinski definition) is 1. The third kappa shape index (κ3) is 3.85. The molecule has 3 aliphatic carbocycles. The summed E-state index contributed by atoms with van der Waals surface area (Å²) in [6, 6.07) is 10.9. The van der Waals surface area contributed by atoms with Crippen LogP contribution in [0.3, 0.4) is 0 Å². The van der Waals surface area contributed by atoms with E-state index >= 15 is 17.6 Å². The predicted molar refractivity (Wildman–Crippen MR) is 142 cm³/mol. The Labute approximate surface area is 229 Å². The van der Waals surface area contributed by atoms with Crippen molar-refractivity contribution in [3.63, 3.8) is 0 Å². The quantitative estimate of drug-likeness (QED) is 0.238. The van der Waals surface area contributed by atoms with Crippen LogP contribution < -0.4 is 5.32 Å². The van der Waals surface area contributed by atoms with Gasteiger partial charge in [0.05, 0.1) is 4.88 Å². The van der Waals surface area contributed by atoms with Crippen LogP contribution in [0.2, 0.25) is 0 Å². The van der Waals surface area contributed by atoms with Gasteiger partial charge in [-0.2, -0.15) is 26.3 Å². The summed E-state index contributed by atoms with van der Waals surface area (Å²) in [4.78, 5) is 13.8. The zero-order chi connectivity index (χ0) is 27.9. The highest BCUT2D eigenvalue weighted by atomic mass is 32.1. The first-order chi connectivity index (χ1) is 18.3. The summed E-state index contributed by atoms with van der Waals surface area (Å²) in [6.07, 6.45) is 5.83. The number of aryl methyl sites for hydroxylation is 2. The molecule has 1 fully saturated rings. The van der Waals surface area contributed by atoms with Crippen molar-refractivity contribution < 1.29 is 31.1 Å². The molecule has 204 valence electrons. The largest absolute Gasteiger partial charge is 0.380 e. The summed E-state index contributed by atoms with van der Waals surface area (Å²) in [5.41, 5.74) is -2.96. The van der Waals surface area contributed by atoms with Crippen LogP contribution in [0, 0.1) is 25.7 Å². The number of rotatable bonds is 5. The van der Waals surface area contributed by atoms with Crippen LogP contribution in [0.5, 0.6) is 0 Å². The minimum atomic E-state index is -5.65. The average molecular weight is 580 g/mol. The first kappa shape index (κ1) is 26.4. The molecular formula is C29H23F6NOS2. The van der Waals surface area contributed by atoms with Crippen LogP contribution in [0.4, 0.5) is 26.3 Å². The van der Waals surface area contributed by atoms with E-state index in [1.54, 1.807) is 30.3 Å². The molecule has 2 nitrogen and oxygen atoms in total. The number of hydrogen-bond acceptors (Lipinski definition) is 3. The van der Waals surface area contributed by atoms with Gasteiger partial charge in [-0.1, -0.05) is 42.5 Å². The fourth-order valence-electron chi connectivity index (χ4n) is 5.94. The monoisotopic (exact) mass is 579 g/mol. The molecule has 3 aliphatic rings. The average Bonchev–Trinajstić information content (AvgIpc) is 3.68. The van der Waals surface area contributed by atoms with E-state index in [1.807, 2.05) is 6.08 Å². The van der Waals surface area contributed by atoms with E-state index in [0.29, 0.717) is 16.4 Å². The van der Waals surface area contributed by atoms with E-state index in [0.717, 1.165) is 41.6 Å². The van der Waals surface area contributed by atoms with E-state index in [9.17, 15) is 13.6 Å². The van der Waals surface area contributed by atoms with Crippen LogP contribution in [0.15, 0.2) is 54.6 Å². The molecule has 2 aromatic heterocycles. The normalized spacial score (nSPS) is 26.0. The van der Waals surface area contributed by atoms with Crippen molar-refractivity contribution in [2.45, 2.75) is 50.5 Å². The Bertz CT molecular complexity index is 1530. The molecule has 6 rings (SSSR count).